The molecule has 0 bridgehead atoms. The first-order valence-electron chi connectivity index (χ1n) is 5.85. The summed E-state index contributed by atoms with van der Waals surface area (Å²) in [6, 6.07) is 3.00. The minimum absolute atomic E-state index is 0.0557. The van der Waals surface area contributed by atoms with Crippen molar-refractivity contribution in [1.29, 1.82) is 0 Å². The van der Waals surface area contributed by atoms with E-state index in [-0.39, 0.29) is 11.3 Å². The van der Waals surface area contributed by atoms with E-state index in [0.29, 0.717) is 0 Å². The monoisotopic (exact) mass is 282 g/mol. The Bertz CT molecular complexity index is 545. The largest absolute Gasteiger partial charge is 0.481 e. The smallest absolute Gasteiger partial charge is 0.321 e. The second-order valence-electron chi connectivity index (χ2n) is 4.03. The lowest BCUT2D eigenvalue weighted by Crippen LogP contribution is -2.43. The Morgan fingerprint density at radius 2 is 1.95 bits per heavy atom. The van der Waals surface area contributed by atoms with Crippen LogP contribution in [0.3, 0.4) is 0 Å². The predicted octanol–water partition coefficient (Wildman–Crippen LogP) is 1.25. The zero-order valence-corrected chi connectivity index (χ0v) is 11.3. The molecular formula is C13H15FN2O4. The van der Waals surface area contributed by atoms with Crippen molar-refractivity contribution in [2.75, 3.05) is 7.05 Å². The van der Waals surface area contributed by atoms with Gasteiger partial charge in [-0.3, -0.25) is 14.9 Å². The predicted molar refractivity (Wildman–Crippen MR) is 69.1 cm³/mol. The van der Waals surface area contributed by atoms with Crippen molar-refractivity contribution in [3.05, 3.63) is 29.6 Å². The van der Waals surface area contributed by atoms with Crippen LogP contribution in [0, 0.1) is 5.82 Å². The van der Waals surface area contributed by atoms with E-state index < -0.39 is 29.6 Å². The molecule has 1 aromatic rings. The molecular weight excluding hydrogens is 267 g/mol. The fourth-order valence-corrected chi connectivity index (χ4v) is 1.39. The number of ketones is 1. The van der Waals surface area contributed by atoms with E-state index in [1.807, 2.05) is 5.32 Å². The fraction of sp³-hybridized carbons (Fsp3) is 0.308. The first kappa shape index (κ1) is 15.6. The molecule has 0 aliphatic heterocycles. The van der Waals surface area contributed by atoms with Gasteiger partial charge in [0.25, 0.3) is 5.91 Å². The molecule has 1 unspecified atom stereocenters. The third kappa shape index (κ3) is 4.04. The number of urea groups is 1. The minimum atomic E-state index is -0.991. The number of amides is 3. The zero-order chi connectivity index (χ0) is 15.3. The van der Waals surface area contributed by atoms with Crippen LogP contribution in [0.4, 0.5) is 9.18 Å². The Hall–Kier alpha value is -2.44. The molecule has 6 nitrogen and oxygen atoms in total. The molecule has 20 heavy (non-hydrogen) atoms. The highest BCUT2D eigenvalue weighted by atomic mass is 19.1. The van der Waals surface area contributed by atoms with Gasteiger partial charge in [-0.1, -0.05) is 0 Å². The highest BCUT2D eigenvalue weighted by Gasteiger charge is 2.17. The summed E-state index contributed by atoms with van der Waals surface area (Å²) >= 11 is 0. The van der Waals surface area contributed by atoms with Gasteiger partial charge in [-0.15, -0.1) is 0 Å². The van der Waals surface area contributed by atoms with Crippen LogP contribution >= 0.6 is 0 Å². The molecule has 1 aromatic carbocycles. The number of hydrogen-bond acceptors (Lipinski definition) is 4. The summed E-state index contributed by atoms with van der Waals surface area (Å²) in [5.41, 5.74) is -0.0557. The van der Waals surface area contributed by atoms with Crippen LogP contribution in [-0.2, 0) is 4.79 Å². The van der Waals surface area contributed by atoms with Gasteiger partial charge in [0.15, 0.2) is 11.9 Å². The van der Waals surface area contributed by atoms with Crippen LogP contribution in [0.5, 0.6) is 5.75 Å². The van der Waals surface area contributed by atoms with Crippen LogP contribution in [0.2, 0.25) is 0 Å². The molecule has 0 saturated carbocycles. The Morgan fingerprint density at radius 3 is 2.45 bits per heavy atom. The van der Waals surface area contributed by atoms with Crippen molar-refractivity contribution in [3.8, 4) is 5.75 Å². The van der Waals surface area contributed by atoms with Crippen LogP contribution in [0.1, 0.15) is 24.2 Å². The minimum Gasteiger partial charge on any atom is -0.481 e. The third-order valence-electron chi connectivity index (χ3n) is 2.47. The molecule has 108 valence electrons. The number of hydrogen-bond donors (Lipinski definition) is 2. The Morgan fingerprint density at radius 1 is 1.30 bits per heavy atom. The van der Waals surface area contributed by atoms with Gasteiger partial charge in [0.05, 0.1) is 5.56 Å². The standard InChI is InChI=1S/C13H15FN2O4/c1-7(17)10-5-4-9(6-11(10)14)20-8(2)12(18)16-13(19)15-3/h4-6,8H,1-3H3,(H2,15,16,18,19). The van der Waals surface area contributed by atoms with E-state index in [1.165, 1.54) is 33.0 Å². The van der Waals surface area contributed by atoms with E-state index in [2.05, 4.69) is 5.32 Å². The maximum atomic E-state index is 13.6. The molecule has 1 atom stereocenters. The molecule has 3 amide bonds. The number of Topliss-reactive ketones (excluding diaryl/α,β-unsaturated/α-hetero) is 1. The number of rotatable bonds is 4. The second-order valence-corrected chi connectivity index (χ2v) is 4.03. The summed E-state index contributed by atoms with van der Waals surface area (Å²) < 4.78 is 18.7. The number of benzene rings is 1. The van der Waals surface area contributed by atoms with Gasteiger partial charge < -0.3 is 10.1 Å². The molecule has 0 spiro atoms. The van der Waals surface area contributed by atoms with Crippen LogP contribution in [-0.4, -0.2) is 30.9 Å². The quantitative estimate of drug-likeness (QED) is 0.814. The second kappa shape index (κ2) is 6.65. The van der Waals surface area contributed by atoms with Gasteiger partial charge >= 0.3 is 6.03 Å². The van der Waals surface area contributed by atoms with E-state index in [4.69, 9.17) is 4.74 Å². The molecule has 0 heterocycles. The molecule has 0 aliphatic rings. The van der Waals surface area contributed by atoms with Crippen molar-refractivity contribution < 1.29 is 23.5 Å². The van der Waals surface area contributed by atoms with E-state index in [9.17, 15) is 18.8 Å². The van der Waals surface area contributed by atoms with Gasteiger partial charge in [0.1, 0.15) is 11.6 Å². The summed E-state index contributed by atoms with van der Waals surface area (Å²) in [6.45, 7) is 2.66. The number of carbonyl (C=O) groups excluding carboxylic acids is 3. The van der Waals surface area contributed by atoms with Crippen molar-refractivity contribution >= 4 is 17.7 Å². The van der Waals surface area contributed by atoms with Gasteiger partial charge in [-0.05, 0) is 26.0 Å². The molecule has 0 radical (unpaired) electrons. The highest BCUT2D eigenvalue weighted by molar-refractivity contribution is 5.96. The average Bonchev–Trinajstić information content (AvgIpc) is 2.37. The lowest BCUT2D eigenvalue weighted by Gasteiger charge is -2.14. The van der Waals surface area contributed by atoms with Crippen molar-refractivity contribution in [3.63, 3.8) is 0 Å². The fourth-order valence-electron chi connectivity index (χ4n) is 1.39. The Balaban J connectivity index is 2.73. The number of carbonyl (C=O) groups is 3. The van der Waals surface area contributed by atoms with Gasteiger partial charge in [-0.2, -0.15) is 0 Å². The first-order chi connectivity index (χ1) is 9.35. The summed E-state index contributed by atoms with van der Waals surface area (Å²) in [5.74, 6) is -1.71. The topological polar surface area (TPSA) is 84.5 Å². The van der Waals surface area contributed by atoms with E-state index in [1.54, 1.807) is 0 Å². The molecule has 1 rings (SSSR count). The van der Waals surface area contributed by atoms with E-state index >= 15 is 0 Å². The van der Waals surface area contributed by atoms with Crippen LogP contribution in [0.15, 0.2) is 18.2 Å². The van der Waals surface area contributed by atoms with Gasteiger partial charge in [0, 0.05) is 13.1 Å². The number of nitrogens with one attached hydrogen (secondary N) is 2. The lowest BCUT2D eigenvalue weighted by atomic mass is 10.1. The Kier molecular flexibility index (Phi) is 5.19. The van der Waals surface area contributed by atoms with Crippen LogP contribution < -0.4 is 15.4 Å². The number of ether oxygens (including phenoxy) is 1. The summed E-state index contributed by atoms with van der Waals surface area (Å²) in [5, 5.41) is 4.25. The first-order valence-corrected chi connectivity index (χ1v) is 5.85. The molecule has 0 aliphatic carbocycles. The van der Waals surface area contributed by atoms with Gasteiger partial charge in [0.2, 0.25) is 0 Å². The third-order valence-corrected chi connectivity index (χ3v) is 2.47. The molecule has 0 aromatic heterocycles. The van der Waals surface area contributed by atoms with E-state index in [0.717, 1.165) is 6.07 Å². The van der Waals surface area contributed by atoms with Crippen LogP contribution in [0.25, 0.3) is 0 Å². The highest BCUT2D eigenvalue weighted by Crippen LogP contribution is 2.18. The summed E-state index contributed by atoms with van der Waals surface area (Å²) in [6.07, 6.45) is -0.991. The molecule has 7 heteroatoms. The van der Waals surface area contributed by atoms with Crippen molar-refractivity contribution in [2.24, 2.45) is 0 Å². The zero-order valence-electron chi connectivity index (χ0n) is 11.3. The normalized spacial score (nSPS) is 11.4. The Labute approximate surface area is 115 Å². The summed E-state index contributed by atoms with van der Waals surface area (Å²) in [4.78, 5) is 33.6. The summed E-state index contributed by atoms with van der Waals surface area (Å²) in [7, 11) is 1.37. The number of halogens is 1. The maximum Gasteiger partial charge on any atom is 0.321 e. The van der Waals surface area contributed by atoms with Crippen molar-refractivity contribution in [1.82, 2.24) is 10.6 Å². The SMILES string of the molecule is CNC(=O)NC(=O)C(C)Oc1ccc(C(C)=O)c(F)c1. The average molecular weight is 282 g/mol. The number of imide groups is 1. The maximum absolute atomic E-state index is 13.6. The molecule has 2 N–H and O–H groups in total. The molecule has 0 fully saturated rings. The lowest BCUT2D eigenvalue weighted by molar-refractivity contribution is -0.126. The van der Waals surface area contributed by atoms with Crippen molar-refractivity contribution in [2.45, 2.75) is 20.0 Å². The van der Waals surface area contributed by atoms with Gasteiger partial charge in [-0.25, -0.2) is 9.18 Å². The molecule has 0 saturated heterocycles.